The molecule has 6 heteroatoms. The Labute approximate surface area is 94.4 Å². The third kappa shape index (κ3) is 4.77. The van der Waals surface area contributed by atoms with Gasteiger partial charge in [0.2, 0.25) is 11.8 Å². The summed E-state index contributed by atoms with van der Waals surface area (Å²) < 4.78 is 0. The van der Waals surface area contributed by atoms with Crippen molar-refractivity contribution >= 4 is 17.8 Å². The summed E-state index contributed by atoms with van der Waals surface area (Å²) in [7, 11) is 0. The second kappa shape index (κ2) is 6.81. The van der Waals surface area contributed by atoms with Crippen LogP contribution in [0.3, 0.4) is 0 Å². The zero-order chi connectivity index (χ0) is 12.7. The number of rotatable bonds is 6. The van der Waals surface area contributed by atoms with Crippen molar-refractivity contribution < 1.29 is 19.5 Å². The lowest BCUT2D eigenvalue weighted by atomic mass is 9.95. The van der Waals surface area contributed by atoms with Gasteiger partial charge in [0.15, 0.2) is 0 Å². The zero-order valence-corrected chi connectivity index (χ0v) is 9.74. The van der Waals surface area contributed by atoms with Crippen molar-refractivity contribution in [1.82, 2.24) is 10.6 Å². The van der Waals surface area contributed by atoms with Gasteiger partial charge in [0.25, 0.3) is 0 Å². The normalized spacial score (nSPS) is 13.7. The van der Waals surface area contributed by atoms with Gasteiger partial charge in [0, 0.05) is 12.5 Å². The molecule has 3 N–H and O–H groups in total. The molecule has 0 aliphatic heterocycles. The highest BCUT2D eigenvalue weighted by molar-refractivity contribution is 5.88. The Morgan fingerprint density at radius 3 is 2.12 bits per heavy atom. The molecular weight excluding hydrogens is 212 g/mol. The molecule has 0 aromatic heterocycles. The van der Waals surface area contributed by atoms with Crippen molar-refractivity contribution in [2.45, 2.75) is 20.8 Å². The van der Waals surface area contributed by atoms with E-state index >= 15 is 0 Å². The maximum absolute atomic E-state index is 11.4. The molecule has 0 heterocycles. The number of aliphatic carboxylic acids is 1. The molecule has 0 saturated carbocycles. The molecule has 0 saturated heterocycles. The number of nitrogens with one attached hydrogen (secondary N) is 2. The van der Waals surface area contributed by atoms with Crippen molar-refractivity contribution in [2.24, 2.45) is 11.8 Å². The first kappa shape index (κ1) is 14.4. The van der Waals surface area contributed by atoms with E-state index < -0.39 is 23.7 Å². The van der Waals surface area contributed by atoms with Crippen LogP contribution in [0.2, 0.25) is 0 Å². The molecule has 16 heavy (non-hydrogen) atoms. The smallest absolute Gasteiger partial charge is 0.307 e. The van der Waals surface area contributed by atoms with Gasteiger partial charge in [-0.05, 0) is 6.92 Å². The molecule has 0 aromatic rings. The molecule has 2 amide bonds. The van der Waals surface area contributed by atoms with E-state index in [9.17, 15) is 14.4 Å². The van der Waals surface area contributed by atoms with Gasteiger partial charge in [-0.25, -0.2) is 0 Å². The zero-order valence-electron chi connectivity index (χ0n) is 9.74. The van der Waals surface area contributed by atoms with Gasteiger partial charge < -0.3 is 15.7 Å². The van der Waals surface area contributed by atoms with Crippen LogP contribution in [0.1, 0.15) is 20.8 Å². The minimum atomic E-state index is -1.03. The lowest BCUT2D eigenvalue weighted by Crippen LogP contribution is -2.41. The fraction of sp³-hybridized carbons (Fsp3) is 0.700. The minimum Gasteiger partial charge on any atom is -0.481 e. The van der Waals surface area contributed by atoms with E-state index in [-0.39, 0.29) is 12.5 Å². The molecule has 0 spiro atoms. The summed E-state index contributed by atoms with van der Waals surface area (Å²) in [6.07, 6.45) is 0. The Morgan fingerprint density at radius 2 is 1.69 bits per heavy atom. The van der Waals surface area contributed by atoms with E-state index in [4.69, 9.17) is 5.11 Å². The van der Waals surface area contributed by atoms with Crippen LogP contribution in [0.15, 0.2) is 0 Å². The maximum atomic E-state index is 11.4. The summed E-state index contributed by atoms with van der Waals surface area (Å²) >= 11 is 0. The monoisotopic (exact) mass is 230 g/mol. The molecule has 2 atom stereocenters. The average Bonchev–Trinajstić information content (AvgIpc) is 2.24. The Hall–Kier alpha value is -1.59. The number of carboxylic acid groups (broad SMARTS) is 1. The molecule has 0 aliphatic rings. The Bertz CT molecular complexity index is 278. The summed E-state index contributed by atoms with van der Waals surface area (Å²) in [6, 6.07) is 0. The number of carbonyl (C=O) groups is 3. The summed E-state index contributed by atoms with van der Waals surface area (Å²) in [5, 5.41) is 13.6. The van der Waals surface area contributed by atoms with Crippen molar-refractivity contribution in [2.75, 3.05) is 13.1 Å². The van der Waals surface area contributed by atoms with Gasteiger partial charge in [0.1, 0.15) is 0 Å². The predicted octanol–water partition coefficient (Wildman–Crippen LogP) is -0.404. The third-order valence-electron chi connectivity index (χ3n) is 2.35. The van der Waals surface area contributed by atoms with Crippen molar-refractivity contribution in [3.63, 3.8) is 0 Å². The highest BCUT2D eigenvalue weighted by Gasteiger charge is 2.25. The van der Waals surface area contributed by atoms with Crippen LogP contribution in [0.25, 0.3) is 0 Å². The fourth-order valence-corrected chi connectivity index (χ4v) is 1.03. The average molecular weight is 230 g/mol. The molecule has 0 aromatic carbocycles. The summed E-state index contributed by atoms with van der Waals surface area (Å²) in [4.78, 5) is 33.1. The number of hydrogen-bond donors (Lipinski definition) is 3. The highest BCUT2D eigenvalue weighted by atomic mass is 16.4. The quantitative estimate of drug-likeness (QED) is 0.578. The first-order chi connectivity index (χ1) is 7.40. The Morgan fingerprint density at radius 1 is 1.12 bits per heavy atom. The van der Waals surface area contributed by atoms with E-state index in [0.29, 0.717) is 6.54 Å². The van der Waals surface area contributed by atoms with Crippen LogP contribution in [-0.4, -0.2) is 36.0 Å². The topological polar surface area (TPSA) is 95.5 Å². The van der Waals surface area contributed by atoms with Crippen molar-refractivity contribution in [1.29, 1.82) is 0 Å². The minimum absolute atomic E-state index is 0.122. The Balaban J connectivity index is 4.06. The van der Waals surface area contributed by atoms with E-state index in [1.54, 1.807) is 6.92 Å². The standard InChI is InChI=1S/C10H18N2O4/c1-4-11-8(13)5-12-9(14)6(2)7(3)10(15)16/h6-7H,4-5H2,1-3H3,(H,11,13)(H,12,14)(H,15,16). The van der Waals surface area contributed by atoms with E-state index in [1.807, 2.05) is 0 Å². The lowest BCUT2D eigenvalue weighted by Gasteiger charge is -2.15. The van der Waals surface area contributed by atoms with Crippen molar-refractivity contribution in [3.05, 3.63) is 0 Å². The molecule has 0 rings (SSSR count). The summed E-state index contributed by atoms with van der Waals surface area (Å²) in [5.74, 6) is -3.17. The van der Waals surface area contributed by atoms with Gasteiger partial charge in [-0.3, -0.25) is 14.4 Å². The van der Waals surface area contributed by atoms with E-state index in [0.717, 1.165) is 0 Å². The molecule has 0 bridgehead atoms. The maximum Gasteiger partial charge on any atom is 0.307 e. The van der Waals surface area contributed by atoms with Crippen molar-refractivity contribution in [3.8, 4) is 0 Å². The predicted molar refractivity (Wildman–Crippen MR) is 57.7 cm³/mol. The fourth-order valence-electron chi connectivity index (χ4n) is 1.03. The third-order valence-corrected chi connectivity index (χ3v) is 2.35. The molecule has 0 fully saturated rings. The molecule has 2 unspecified atom stereocenters. The first-order valence-electron chi connectivity index (χ1n) is 5.17. The number of amides is 2. The van der Waals surface area contributed by atoms with Gasteiger partial charge in [-0.15, -0.1) is 0 Å². The van der Waals surface area contributed by atoms with Crippen LogP contribution in [0.5, 0.6) is 0 Å². The molecule has 92 valence electrons. The van der Waals surface area contributed by atoms with Crippen LogP contribution in [-0.2, 0) is 14.4 Å². The van der Waals surface area contributed by atoms with Crippen LogP contribution >= 0.6 is 0 Å². The molecule has 6 nitrogen and oxygen atoms in total. The Kier molecular flexibility index (Phi) is 6.14. The SMILES string of the molecule is CCNC(=O)CNC(=O)C(C)C(C)C(=O)O. The second-order valence-corrected chi connectivity index (χ2v) is 3.59. The summed E-state index contributed by atoms with van der Waals surface area (Å²) in [6.45, 7) is 5.12. The van der Waals surface area contributed by atoms with Gasteiger partial charge in [-0.2, -0.15) is 0 Å². The van der Waals surface area contributed by atoms with Gasteiger partial charge >= 0.3 is 5.97 Å². The van der Waals surface area contributed by atoms with Crippen LogP contribution in [0, 0.1) is 11.8 Å². The van der Waals surface area contributed by atoms with Gasteiger partial charge in [0.05, 0.1) is 12.5 Å². The van der Waals surface area contributed by atoms with Crippen LogP contribution in [0.4, 0.5) is 0 Å². The number of carboxylic acids is 1. The molecule has 0 radical (unpaired) electrons. The highest BCUT2D eigenvalue weighted by Crippen LogP contribution is 2.10. The number of likely N-dealkylation sites (N-methyl/N-ethyl adjacent to an activating group) is 1. The first-order valence-corrected chi connectivity index (χ1v) is 5.17. The van der Waals surface area contributed by atoms with Gasteiger partial charge in [-0.1, -0.05) is 13.8 Å². The summed E-state index contributed by atoms with van der Waals surface area (Å²) in [5.41, 5.74) is 0. The van der Waals surface area contributed by atoms with E-state index in [2.05, 4.69) is 10.6 Å². The van der Waals surface area contributed by atoms with Crippen LogP contribution < -0.4 is 10.6 Å². The lowest BCUT2D eigenvalue weighted by molar-refractivity contribution is -0.146. The second-order valence-electron chi connectivity index (χ2n) is 3.59. The number of hydrogen-bond acceptors (Lipinski definition) is 3. The van der Waals surface area contributed by atoms with E-state index in [1.165, 1.54) is 13.8 Å². The number of carbonyl (C=O) groups excluding carboxylic acids is 2. The molecule has 0 aliphatic carbocycles. The largest absolute Gasteiger partial charge is 0.481 e. The molecular formula is C10H18N2O4.